The highest BCUT2D eigenvalue weighted by Gasteiger charge is 2.17. The van der Waals surface area contributed by atoms with Crippen LogP contribution in [0, 0.1) is 6.92 Å². The van der Waals surface area contributed by atoms with Gasteiger partial charge in [0.2, 0.25) is 0 Å². The van der Waals surface area contributed by atoms with E-state index in [1.807, 2.05) is 38.4 Å². The largest absolute Gasteiger partial charge is 0.292 e. The monoisotopic (exact) mass is 339 g/mol. The van der Waals surface area contributed by atoms with Crippen LogP contribution in [0.2, 0.25) is 0 Å². The van der Waals surface area contributed by atoms with Crippen molar-refractivity contribution >= 4 is 31.8 Å². The van der Waals surface area contributed by atoms with Gasteiger partial charge in [0.15, 0.2) is 15.5 Å². The zero-order valence-electron chi connectivity index (χ0n) is 13.7. The van der Waals surface area contributed by atoms with Crippen molar-refractivity contribution in [1.82, 2.24) is 14.3 Å². The highest BCUT2D eigenvalue weighted by atomic mass is 32.2. The molecule has 0 amide bonds. The fraction of sp³-hybridized carbons (Fsp3) is 0.167. The van der Waals surface area contributed by atoms with Crippen molar-refractivity contribution < 1.29 is 8.42 Å². The third kappa shape index (κ3) is 2.22. The highest BCUT2D eigenvalue weighted by molar-refractivity contribution is 7.90. The van der Waals surface area contributed by atoms with Crippen molar-refractivity contribution in [3.05, 3.63) is 54.2 Å². The molecule has 2 aromatic carbocycles. The van der Waals surface area contributed by atoms with Gasteiger partial charge >= 0.3 is 0 Å². The van der Waals surface area contributed by atoms with Gasteiger partial charge in [-0.3, -0.25) is 9.25 Å². The van der Waals surface area contributed by atoms with E-state index in [1.165, 1.54) is 11.8 Å². The molecule has 0 spiro atoms. The van der Waals surface area contributed by atoms with Gasteiger partial charge < -0.3 is 0 Å². The lowest BCUT2D eigenvalue weighted by Gasteiger charge is -2.07. The molecule has 0 N–H and O–H groups in total. The summed E-state index contributed by atoms with van der Waals surface area (Å²) in [6.07, 6.45) is 3.15. The number of fused-ring (bicyclic) bond motifs is 3. The maximum atomic E-state index is 11.9. The Morgan fingerprint density at radius 1 is 1.00 bits per heavy atom. The Morgan fingerprint density at radius 3 is 2.38 bits per heavy atom. The molecule has 0 radical (unpaired) electrons. The van der Waals surface area contributed by atoms with Gasteiger partial charge in [-0.15, -0.1) is 0 Å². The molecule has 0 aliphatic rings. The molecule has 0 saturated heterocycles. The van der Waals surface area contributed by atoms with Crippen LogP contribution >= 0.6 is 0 Å². The van der Waals surface area contributed by atoms with Crippen molar-refractivity contribution in [1.29, 1.82) is 0 Å². The Morgan fingerprint density at radius 2 is 1.71 bits per heavy atom. The van der Waals surface area contributed by atoms with Crippen LogP contribution in [0.15, 0.2) is 53.6 Å². The van der Waals surface area contributed by atoms with Crippen molar-refractivity contribution in [3.63, 3.8) is 0 Å². The Labute approximate surface area is 140 Å². The Hall–Kier alpha value is -2.60. The smallest absolute Gasteiger partial charge is 0.175 e. The maximum absolute atomic E-state index is 11.9. The van der Waals surface area contributed by atoms with Crippen LogP contribution in [-0.2, 0) is 16.9 Å². The number of aryl methyl sites for hydroxylation is 2. The van der Waals surface area contributed by atoms with Crippen LogP contribution in [-0.4, -0.2) is 29.0 Å². The van der Waals surface area contributed by atoms with Gasteiger partial charge in [0, 0.05) is 36.0 Å². The SMILES string of the molecule is Cc1ccc(-n2c3ccc(S(C)(=O)=O)cc3c3cn(C)nc32)cc1. The van der Waals surface area contributed by atoms with Crippen LogP contribution in [0.3, 0.4) is 0 Å². The molecule has 2 aromatic heterocycles. The number of nitrogens with zero attached hydrogens (tertiary/aromatic N) is 3. The highest BCUT2D eigenvalue weighted by Crippen LogP contribution is 2.32. The molecule has 5 nitrogen and oxygen atoms in total. The quantitative estimate of drug-likeness (QED) is 0.563. The summed E-state index contributed by atoms with van der Waals surface area (Å²) < 4.78 is 27.6. The molecule has 2 heterocycles. The molecule has 0 saturated carbocycles. The molecule has 0 atom stereocenters. The molecule has 24 heavy (non-hydrogen) atoms. The molecule has 4 rings (SSSR count). The zero-order valence-corrected chi connectivity index (χ0v) is 14.5. The fourth-order valence-corrected chi connectivity index (χ4v) is 3.70. The van der Waals surface area contributed by atoms with Gasteiger partial charge in [0.1, 0.15) is 0 Å². The summed E-state index contributed by atoms with van der Waals surface area (Å²) in [5.74, 6) is 0. The van der Waals surface area contributed by atoms with E-state index in [0.29, 0.717) is 4.90 Å². The molecule has 0 fully saturated rings. The summed E-state index contributed by atoms with van der Waals surface area (Å²) in [7, 11) is -1.39. The van der Waals surface area contributed by atoms with E-state index in [-0.39, 0.29) is 0 Å². The summed E-state index contributed by atoms with van der Waals surface area (Å²) in [6, 6.07) is 13.5. The average Bonchev–Trinajstić information content (AvgIpc) is 3.02. The third-order valence-electron chi connectivity index (χ3n) is 4.24. The first-order valence-corrected chi connectivity index (χ1v) is 9.49. The third-order valence-corrected chi connectivity index (χ3v) is 5.35. The first-order chi connectivity index (χ1) is 11.3. The van der Waals surface area contributed by atoms with Crippen LogP contribution in [0.1, 0.15) is 5.56 Å². The molecular weight excluding hydrogens is 322 g/mol. The molecule has 4 aromatic rings. The first kappa shape index (κ1) is 15.0. The molecule has 122 valence electrons. The predicted octanol–water partition coefficient (Wildman–Crippen LogP) is 3.23. The number of hydrogen-bond acceptors (Lipinski definition) is 3. The Kier molecular flexibility index (Phi) is 3.08. The van der Waals surface area contributed by atoms with Crippen LogP contribution in [0.25, 0.3) is 27.6 Å². The number of sulfone groups is 1. The zero-order chi connectivity index (χ0) is 17.1. The lowest BCUT2D eigenvalue weighted by atomic mass is 10.2. The lowest BCUT2D eigenvalue weighted by Crippen LogP contribution is -1.99. The minimum absolute atomic E-state index is 0.321. The summed E-state index contributed by atoms with van der Waals surface area (Å²) in [5, 5.41) is 6.40. The standard InChI is InChI=1S/C18H17N3O2S/c1-12-4-6-13(7-5-12)21-17-9-8-14(24(3,22)23)10-15(17)16-11-20(2)19-18(16)21/h4-11H,1-3H3. The normalized spacial score (nSPS) is 12.3. The predicted molar refractivity (Wildman–Crippen MR) is 95.4 cm³/mol. The summed E-state index contributed by atoms with van der Waals surface area (Å²) in [4.78, 5) is 0.321. The van der Waals surface area contributed by atoms with Gasteiger partial charge in [-0.2, -0.15) is 5.10 Å². The van der Waals surface area contributed by atoms with Gasteiger partial charge in [-0.1, -0.05) is 17.7 Å². The second-order valence-corrected chi connectivity index (χ2v) is 8.18. The number of benzene rings is 2. The summed E-state index contributed by atoms with van der Waals surface area (Å²) >= 11 is 0. The summed E-state index contributed by atoms with van der Waals surface area (Å²) in [6.45, 7) is 2.05. The van der Waals surface area contributed by atoms with E-state index in [0.717, 1.165) is 27.6 Å². The molecule has 0 unspecified atom stereocenters. The minimum atomic E-state index is -3.25. The first-order valence-electron chi connectivity index (χ1n) is 7.59. The van der Waals surface area contributed by atoms with E-state index >= 15 is 0 Å². The van der Waals surface area contributed by atoms with Crippen molar-refractivity contribution in [2.75, 3.05) is 6.26 Å². The van der Waals surface area contributed by atoms with E-state index in [9.17, 15) is 8.42 Å². The van der Waals surface area contributed by atoms with Crippen molar-refractivity contribution in [2.45, 2.75) is 11.8 Å². The van der Waals surface area contributed by atoms with Gasteiger partial charge in [-0.05, 0) is 37.3 Å². The Balaban J connectivity index is 2.13. The molecule has 0 aliphatic heterocycles. The topological polar surface area (TPSA) is 56.9 Å². The molecule has 0 bridgehead atoms. The lowest BCUT2D eigenvalue weighted by molar-refractivity contribution is 0.602. The number of hydrogen-bond donors (Lipinski definition) is 0. The van der Waals surface area contributed by atoms with E-state index in [4.69, 9.17) is 0 Å². The molecule has 0 aliphatic carbocycles. The fourth-order valence-electron chi connectivity index (χ4n) is 3.06. The van der Waals surface area contributed by atoms with Crippen LogP contribution in [0.4, 0.5) is 0 Å². The van der Waals surface area contributed by atoms with Crippen molar-refractivity contribution in [3.8, 4) is 5.69 Å². The molecule has 6 heteroatoms. The van der Waals surface area contributed by atoms with Gasteiger partial charge in [-0.25, -0.2) is 8.42 Å². The van der Waals surface area contributed by atoms with Gasteiger partial charge in [0.25, 0.3) is 0 Å². The average molecular weight is 339 g/mol. The van der Waals surface area contributed by atoms with Crippen molar-refractivity contribution in [2.24, 2.45) is 7.05 Å². The van der Waals surface area contributed by atoms with Gasteiger partial charge in [0.05, 0.1) is 10.4 Å². The Bertz CT molecular complexity index is 1180. The van der Waals surface area contributed by atoms with E-state index in [1.54, 1.807) is 16.8 Å². The number of aromatic nitrogens is 3. The second kappa shape index (κ2) is 4.95. The number of rotatable bonds is 2. The van der Waals surface area contributed by atoms with E-state index in [2.05, 4.69) is 21.8 Å². The second-order valence-electron chi connectivity index (χ2n) is 6.16. The molecular formula is C18H17N3O2S. The maximum Gasteiger partial charge on any atom is 0.175 e. The van der Waals surface area contributed by atoms with E-state index < -0.39 is 9.84 Å². The summed E-state index contributed by atoms with van der Waals surface area (Å²) in [5.41, 5.74) is 3.96. The van der Waals surface area contributed by atoms with Crippen LogP contribution < -0.4 is 0 Å². The minimum Gasteiger partial charge on any atom is -0.292 e. The van der Waals surface area contributed by atoms with Crippen LogP contribution in [0.5, 0.6) is 0 Å².